The zero-order valence-corrected chi connectivity index (χ0v) is 13.3. The monoisotopic (exact) mass is 317 g/mol. The highest BCUT2D eigenvalue weighted by molar-refractivity contribution is 5.22. The molecule has 1 fully saturated rings. The molecule has 1 aromatic heterocycles. The number of halogens is 1. The highest BCUT2D eigenvalue weighted by Gasteiger charge is 2.25. The van der Waals surface area contributed by atoms with Gasteiger partial charge < -0.3 is 9.47 Å². The van der Waals surface area contributed by atoms with Crippen LogP contribution < -0.4 is 4.74 Å². The Morgan fingerprint density at radius 1 is 1.35 bits per heavy atom. The zero-order valence-electron chi connectivity index (χ0n) is 13.3. The molecule has 0 bridgehead atoms. The largest absolute Gasteiger partial charge is 0.467 e. The van der Waals surface area contributed by atoms with Gasteiger partial charge in [-0.15, -0.1) is 0 Å². The van der Waals surface area contributed by atoms with Gasteiger partial charge in [-0.3, -0.25) is 4.90 Å². The second kappa shape index (κ2) is 7.02. The minimum absolute atomic E-state index is 0.103. The van der Waals surface area contributed by atoms with E-state index in [9.17, 15) is 4.39 Å². The molecule has 3 rings (SSSR count). The van der Waals surface area contributed by atoms with Gasteiger partial charge in [-0.05, 0) is 24.6 Å². The minimum Gasteiger partial charge on any atom is -0.467 e. The first-order chi connectivity index (χ1) is 11.2. The maximum atomic E-state index is 13.1. The summed E-state index contributed by atoms with van der Waals surface area (Å²) in [5, 5.41) is 0. The molecule has 0 aliphatic carbocycles. The van der Waals surface area contributed by atoms with E-state index in [1.54, 1.807) is 13.3 Å². The van der Waals surface area contributed by atoms with Gasteiger partial charge in [0.25, 0.3) is 0 Å². The Kier molecular flexibility index (Phi) is 4.83. The summed E-state index contributed by atoms with van der Waals surface area (Å²) in [6, 6.07) is 7.10. The lowest BCUT2D eigenvalue weighted by Crippen LogP contribution is -2.39. The fourth-order valence-electron chi connectivity index (χ4n) is 2.76. The van der Waals surface area contributed by atoms with Gasteiger partial charge in [0.05, 0.1) is 26.4 Å². The lowest BCUT2D eigenvalue weighted by atomic mass is 10.0. The molecule has 1 aliphatic heterocycles. The fraction of sp³-hybridized carbons (Fsp3) is 0.412. The number of hydrogen-bond acceptors (Lipinski definition) is 5. The van der Waals surface area contributed by atoms with Crippen LogP contribution in [0.5, 0.6) is 6.01 Å². The normalized spacial score (nSPS) is 18.8. The SMILES string of the molecule is COc1ncc(CN2CCOC[C@H]2c2ccc(F)cc2)c(C)n1. The van der Waals surface area contributed by atoms with Crippen molar-refractivity contribution in [1.82, 2.24) is 14.9 Å². The first kappa shape index (κ1) is 15.8. The van der Waals surface area contributed by atoms with E-state index in [-0.39, 0.29) is 11.9 Å². The topological polar surface area (TPSA) is 47.5 Å². The van der Waals surface area contributed by atoms with Gasteiger partial charge in [-0.25, -0.2) is 14.4 Å². The Morgan fingerprint density at radius 2 is 2.13 bits per heavy atom. The van der Waals surface area contributed by atoms with Crippen molar-refractivity contribution in [2.75, 3.05) is 26.9 Å². The smallest absolute Gasteiger partial charge is 0.316 e. The Labute approximate surface area is 135 Å². The first-order valence-corrected chi connectivity index (χ1v) is 7.61. The van der Waals surface area contributed by atoms with E-state index >= 15 is 0 Å². The van der Waals surface area contributed by atoms with Gasteiger partial charge in [-0.1, -0.05) is 12.1 Å². The molecule has 0 radical (unpaired) electrons. The van der Waals surface area contributed by atoms with E-state index in [0.29, 0.717) is 19.2 Å². The van der Waals surface area contributed by atoms with Gasteiger partial charge in [0.15, 0.2) is 0 Å². The van der Waals surface area contributed by atoms with Crippen LogP contribution in [-0.2, 0) is 11.3 Å². The molecule has 0 saturated carbocycles. The van der Waals surface area contributed by atoms with Gasteiger partial charge in [-0.2, -0.15) is 0 Å². The van der Waals surface area contributed by atoms with E-state index in [2.05, 4.69) is 14.9 Å². The lowest BCUT2D eigenvalue weighted by Gasteiger charge is -2.36. The second-order valence-electron chi connectivity index (χ2n) is 5.58. The Balaban J connectivity index is 1.80. The number of nitrogens with zero attached hydrogens (tertiary/aromatic N) is 3. The molecule has 0 N–H and O–H groups in total. The third kappa shape index (κ3) is 3.65. The second-order valence-corrected chi connectivity index (χ2v) is 5.58. The average Bonchev–Trinajstić information content (AvgIpc) is 2.58. The summed E-state index contributed by atoms with van der Waals surface area (Å²) in [6.45, 7) is 4.77. The number of hydrogen-bond donors (Lipinski definition) is 0. The van der Waals surface area contributed by atoms with Crippen molar-refractivity contribution in [2.24, 2.45) is 0 Å². The summed E-state index contributed by atoms with van der Waals surface area (Å²) >= 11 is 0. The molecule has 1 atom stereocenters. The number of morpholine rings is 1. The Hall–Kier alpha value is -2.05. The lowest BCUT2D eigenvalue weighted by molar-refractivity contribution is -0.0129. The molecule has 2 heterocycles. The van der Waals surface area contributed by atoms with Crippen LogP contribution in [-0.4, -0.2) is 41.7 Å². The van der Waals surface area contributed by atoms with Crippen molar-refractivity contribution in [1.29, 1.82) is 0 Å². The summed E-state index contributed by atoms with van der Waals surface area (Å²) in [4.78, 5) is 10.8. The summed E-state index contributed by atoms with van der Waals surface area (Å²) in [7, 11) is 1.56. The van der Waals surface area contributed by atoms with Crippen molar-refractivity contribution in [3.8, 4) is 6.01 Å². The van der Waals surface area contributed by atoms with Crippen LogP contribution in [0.25, 0.3) is 0 Å². The molecule has 1 aromatic carbocycles. The van der Waals surface area contributed by atoms with E-state index in [1.807, 2.05) is 19.1 Å². The zero-order chi connectivity index (χ0) is 16.2. The van der Waals surface area contributed by atoms with E-state index in [0.717, 1.165) is 29.9 Å². The number of ether oxygens (including phenoxy) is 2. The molecule has 0 spiro atoms. The molecule has 23 heavy (non-hydrogen) atoms. The molecule has 5 nitrogen and oxygen atoms in total. The van der Waals surface area contributed by atoms with Crippen LogP contribution in [0.4, 0.5) is 4.39 Å². The maximum Gasteiger partial charge on any atom is 0.316 e. The van der Waals surface area contributed by atoms with Crippen molar-refractivity contribution in [3.05, 3.63) is 53.1 Å². The molecule has 1 saturated heterocycles. The van der Waals surface area contributed by atoms with Crippen molar-refractivity contribution >= 4 is 0 Å². The van der Waals surface area contributed by atoms with E-state index in [4.69, 9.17) is 9.47 Å². The summed E-state index contributed by atoms with van der Waals surface area (Å²) in [5.74, 6) is -0.226. The Bertz CT molecular complexity index is 663. The van der Waals surface area contributed by atoms with Gasteiger partial charge in [0.2, 0.25) is 0 Å². The molecule has 1 aliphatic rings. The molecular formula is C17H20FN3O2. The fourth-order valence-corrected chi connectivity index (χ4v) is 2.76. The number of benzene rings is 1. The minimum atomic E-state index is -0.226. The van der Waals surface area contributed by atoms with Crippen LogP contribution in [0, 0.1) is 12.7 Å². The highest BCUT2D eigenvalue weighted by atomic mass is 19.1. The van der Waals surface area contributed by atoms with Crippen molar-refractivity contribution in [3.63, 3.8) is 0 Å². The standard InChI is InChI=1S/C17H20FN3O2/c1-12-14(9-19-17(20-12)22-2)10-21-7-8-23-11-16(21)13-3-5-15(18)6-4-13/h3-6,9,16H,7-8,10-11H2,1-2H3/t16-/m0/s1. The number of methoxy groups -OCH3 is 1. The summed E-state index contributed by atoms with van der Waals surface area (Å²) < 4.78 is 23.8. The third-order valence-corrected chi connectivity index (χ3v) is 4.11. The highest BCUT2D eigenvalue weighted by Crippen LogP contribution is 2.26. The molecule has 122 valence electrons. The van der Waals surface area contributed by atoms with Crippen LogP contribution in [0.1, 0.15) is 22.9 Å². The molecule has 0 unspecified atom stereocenters. The average molecular weight is 317 g/mol. The van der Waals surface area contributed by atoms with Crippen LogP contribution >= 0.6 is 0 Å². The molecule has 0 amide bonds. The number of aryl methyl sites for hydroxylation is 1. The van der Waals surface area contributed by atoms with Crippen molar-refractivity contribution in [2.45, 2.75) is 19.5 Å². The van der Waals surface area contributed by atoms with E-state index < -0.39 is 0 Å². The number of aromatic nitrogens is 2. The number of rotatable bonds is 4. The predicted octanol–water partition coefficient (Wildman–Crippen LogP) is 2.51. The Morgan fingerprint density at radius 3 is 2.83 bits per heavy atom. The van der Waals surface area contributed by atoms with E-state index in [1.165, 1.54) is 12.1 Å². The quantitative estimate of drug-likeness (QED) is 0.867. The predicted molar refractivity (Wildman–Crippen MR) is 83.7 cm³/mol. The van der Waals surface area contributed by atoms with Crippen LogP contribution in [0.2, 0.25) is 0 Å². The van der Waals surface area contributed by atoms with Gasteiger partial charge in [0.1, 0.15) is 5.82 Å². The summed E-state index contributed by atoms with van der Waals surface area (Å²) in [5.41, 5.74) is 3.01. The van der Waals surface area contributed by atoms with Gasteiger partial charge in [0, 0.05) is 30.5 Å². The van der Waals surface area contributed by atoms with Crippen LogP contribution in [0.3, 0.4) is 0 Å². The van der Waals surface area contributed by atoms with Gasteiger partial charge >= 0.3 is 6.01 Å². The van der Waals surface area contributed by atoms with Crippen LogP contribution in [0.15, 0.2) is 30.5 Å². The first-order valence-electron chi connectivity index (χ1n) is 7.61. The molecule has 6 heteroatoms. The molecular weight excluding hydrogens is 297 g/mol. The summed E-state index contributed by atoms with van der Waals surface area (Å²) in [6.07, 6.45) is 1.80. The molecule has 2 aromatic rings. The third-order valence-electron chi connectivity index (χ3n) is 4.11. The maximum absolute atomic E-state index is 13.1. The van der Waals surface area contributed by atoms with Crippen molar-refractivity contribution < 1.29 is 13.9 Å².